The molecule has 132 valence electrons. The minimum Gasteiger partial charge on any atom is -0.361 e. The molecule has 1 aliphatic heterocycles. The molecule has 1 aromatic carbocycles. The Hall–Kier alpha value is -2.14. The van der Waals surface area contributed by atoms with Crippen molar-refractivity contribution in [1.29, 1.82) is 0 Å². The molecule has 1 aromatic heterocycles. The number of hydrogen-bond donors (Lipinski definition) is 1. The topological polar surface area (TPSA) is 39.3 Å². The molecule has 25 heavy (non-hydrogen) atoms. The summed E-state index contributed by atoms with van der Waals surface area (Å²) in [4.78, 5) is 20.2. The molecule has 0 fully saturated rings. The number of nitrogens with zero attached hydrogens (tertiary/aromatic N) is 2. The summed E-state index contributed by atoms with van der Waals surface area (Å²) < 4.78 is 14.8. The van der Waals surface area contributed by atoms with Crippen LogP contribution in [-0.2, 0) is 11.2 Å². The number of amides is 1. The lowest BCUT2D eigenvalue weighted by Gasteiger charge is -2.40. The molecular formula is C20H24FN3O. The standard InChI is InChI=1S/C20H24FN3O/c1-4-24(5-2)20(25)13-8-14-17(23(3)11-13)9-12-10-22-16-7-6-15(21)19(14)18(12)16/h6-8,10,13,17,22H,4-5,9,11H2,1-3H3/t13-,17-/m1/s1. The number of hydrogen-bond acceptors (Lipinski definition) is 2. The summed E-state index contributed by atoms with van der Waals surface area (Å²) in [5.41, 5.74) is 3.76. The Balaban J connectivity index is 1.85. The minimum absolute atomic E-state index is 0.129. The largest absolute Gasteiger partial charge is 0.361 e. The van der Waals surface area contributed by atoms with Gasteiger partial charge < -0.3 is 9.88 Å². The normalized spacial score (nSPS) is 22.6. The molecule has 2 heterocycles. The number of H-pyrrole nitrogens is 1. The van der Waals surface area contributed by atoms with Crippen molar-refractivity contribution in [3.63, 3.8) is 0 Å². The third-order valence-electron chi connectivity index (χ3n) is 5.73. The van der Waals surface area contributed by atoms with E-state index in [1.807, 2.05) is 38.1 Å². The first-order valence-electron chi connectivity index (χ1n) is 9.04. The molecular weight excluding hydrogens is 317 g/mol. The summed E-state index contributed by atoms with van der Waals surface area (Å²) in [5, 5.41) is 0.979. The highest BCUT2D eigenvalue weighted by Gasteiger charge is 2.37. The Bertz CT molecular complexity index is 865. The Labute approximate surface area is 147 Å². The fraction of sp³-hybridized carbons (Fsp3) is 0.450. The van der Waals surface area contributed by atoms with E-state index in [0.29, 0.717) is 25.2 Å². The van der Waals surface area contributed by atoms with Crippen molar-refractivity contribution >= 4 is 22.4 Å². The van der Waals surface area contributed by atoms with E-state index in [-0.39, 0.29) is 23.7 Å². The number of rotatable bonds is 3. The van der Waals surface area contributed by atoms with Crippen molar-refractivity contribution in [3.8, 4) is 0 Å². The second-order valence-electron chi connectivity index (χ2n) is 7.06. The molecule has 4 rings (SSSR count). The first kappa shape index (κ1) is 16.3. The van der Waals surface area contributed by atoms with Crippen LogP contribution in [0.4, 0.5) is 4.39 Å². The van der Waals surface area contributed by atoms with Crippen LogP contribution in [0.25, 0.3) is 16.5 Å². The number of likely N-dealkylation sites (N-methyl/N-ethyl adjacent to an activating group) is 1. The molecule has 2 aliphatic rings. The van der Waals surface area contributed by atoms with Gasteiger partial charge in [0.15, 0.2) is 0 Å². The molecule has 0 saturated heterocycles. The summed E-state index contributed by atoms with van der Waals surface area (Å²) in [6.07, 6.45) is 4.87. The molecule has 5 heteroatoms. The van der Waals surface area contributed by atoms with Crippen LogP contribution < -0.4 is 0 Å². The number of halogens is 1. The van der Waals surface area contributed by atoms with E-state index in [0.717, 1.165) is 28.5 Å². The third-order valence-corrected chi connectivity index (χ3v) is 5.73. The van der Waals surface area contributed by atoms with Gasteiger partial charge in [-0.3, -0.25) is 9.69 Å². The van der Waals surface area contributed by atoms with Gasteiger partial charge in [-0.25, -0.2) is 4.39 Å². The van der Waals surface area contributed by atoms with Gasteiger partial charge in [0.2, 0.25) is 5.91 Å². The first-order chi connectivity index (χ1) is 12.0. The Morgan fingerprint density at radius 1 is 1.36 bits per heavy atom. The molecule has 0 unspecified atom stereocenters. The summed E-state index contributed by atoms with van der Waals surface area (Å²) >= 11 is 0. The van der Waals surface area contributed by atoms with E-state index in [1.165, 1.54) is 6.07 Å². The van der Waals surface area contributed by atoms with Crippen LogP contribution in [-0.4, -0.2) is 53.4 Å². The van der Waals surface area contributed by atoms with Crippen LogP contribution in [0, 0.1) is 11.7 Å². The Morgan fingerprint density at radius 3 is 2.84 bits per heavy atom. The van der Waals surface area contributed by atoms with Crippen LogP contribution in [0.2, 0.25) is 0 Å². The SMILES string of the molecule is CCN(CC)C(=O)[C@@H]1C=C2c3c(F)ccc4[nH]cc(c34)C[C@H]2N(C)C1. The zero-order valence-corrected chi connectivity index (χ0v) is 15.0. The van der Waals surface area contributed by atoms with Crippen molar-refractivity contribution in [1.82, 2.24) is 14.8 Å². The number of carbonyl (C=O) groups is 1. The average molecular weight is 341 g/mol. The highest BCUT2D eigenvalue weighted by atomic mass is 19.1. The molecule has 1 N–H and O–H groups in total. The predicted octanol–water partition coefficient (Wildman–Crippen LogP) is 3.05. The number of aromatic amines is 1. The van der Waals surface area contributed by atoms with E-state index >= 15 is 0 Å². The lowest BCUT2D eigenvalue weighted by atomic mass is 9.79. The number of carbonyl (C=O) groups excluding carboxylic acids is 1. The zero-order chi connectivity index (χ0) is 17.7. The van der Waals surface area contributed by atoms with Crippen LogP contribution in [0.15, 0.2) is 24.4 Å². The number of nitrogens with one attached hydrogen (secondary N) is 1. The predicted molar refractivity (Wildman–Crippen MR) is 97.8 cm³/mol. The van der Waals surface area contributed by atoms with Gasteiger partial charge >= 0.3 is 0 Å². The van der Waals surface area contributed by atoms with Gasteiger partial charge in [0, 0.05) is 48.3 Å². The van der Waals surface area contributed by atoms with Crippen molar-refractivity contribution in [2.75, 3.05) is 26.7 Å². The Morgan fingerprint density at radius 2 is 2.12 bits per heavy atom. The summed E-state index contributed by atoms with van der Waals surface area (Å²) in [6.45, 7) is 6.08. The molecule has 1 aliphatic carbocycles. The molecule has 0 radical (unpaired) electrons. The van der Waals surface area contributed by atoms with Crippen LogP contribution in [0.3, 0.4) is 0 Å². The van der Waals surface area contributed by atoms with E-state index in [4.69, 9.17) is 0 Å². The van der Waals surface area contributed by atoms with E-state index < -0.39 is 0 Å². The summed E-state index contributed by atoms with van der Waals surface area (Å²) in [5.74, 6) is -0.282. The van der Waals surface area contributed by atoms with Crippen LogP contribution in [0.1, 0.15) is 25.0 Å². The van der Waals surface area contributed by atoms with Crippen molar-refractivity contribution in [2.45, 2.75) is 26.3 Å². The van der Waals surface area contributed by atoms with Gasteiger partial charge in [-0.15, -0.1) is 0 Å². The smallest absolute Gasteiger partial charge is 0.230 e. The van der Waals surface area contributed by atoms with Crippen molar-refractivity contribution in [3.05, 3.63) is 41.3 Å². The molecule has 0 spiro atoms. The summed E-state index contributed by atoms with van der Waals surface area (Å²) in [6, 6.07) is 3.45. The zero-order valence-electron chi connectivity index (χ0n) is 15.0. The Kier molecular flexibility index (Phi) is 3.91. The number of aromatic nitrogens is 1. The maximum Gasteiger partial charge on any atom is 0.230 e. The quantitative estimate of drug-likeness (QED) is 0.932. The highest BCUT2D eigenvalue weighted by molar-refractivity contribution is 5.99. The maximum atomic E-state index is 14.8. The van der Waals surface area contributed by atoms with Gasteiger partial charge in [-0.1, -0.05) is 6.08 Å². The second kappa shape index (κ2) is 5.99. The first-order valence-corrected chi connectivity index (χ1v) is 9.04. The minimum atomic E-state index is -0.216. The molecule has 0 bridgehead atoms. The van der Waals surface area contributed by atoms with Gasteiger partial charge in [0.1, 0.15) is 5.82 Å². The van der Waals surface area contributed by atoms with Gasteiger partial charge in [-0.05, 0) is 50.6 Å². The van der Waals surface area contributed by atoms with Gasteiger partial charge in [0.25, 0.3) is 0 Å². The fourth-order valence-corrected chi connectivity index (χ4v) is 4.41. The molecule has 4 nitrogen and oxygen atoms in total. The lowest BCUT2D eigenvalue weighted by molar-refractivity contribution is -0.134. The van der Waals surface area contributed by atoms with Crippen LogP contribution in [0.5, 0.6) is 0 Å². The van der Waals surface area contributed by atoms with Crippen molar-refractivity contribution < 1.29 is 9.18 Å². The molecule has 2 atom stereocenters. The maximum absolute atomic E-state index is 14.8. The molecule has 2 aromatic rings. The highest BCUT2D eigenvalue weighted by Crippen LogP contribution is 2.42. The summed E-state index contributed by atoms with van der Waals surface area (Å²) in [7, 11) is 2.04. The second-order valence-corrected chi connectivity index (χ2v) is 7.06. The third kappa shape index (κ3) is 2.41. The van der Waals surface area contributed by atoms with E-state index in [1.54, 1.807) is 6.07 Å². The van der Waals surface area contributed by atoms with E-state index in [9.17, 15) is 9.18 Å². The van der Waals surface area contributed by atoms with E-state index in [2.05, 4.69) is 9.88 Å². The monoisotopic (exact) mass is 341 g/mol. The van der Waals surface area contributed by atoms with Gasteiger partial charge in [0.05, 0.1) is 5.92 Å². The fourth-order valence-electron chi connectivity index (χ4n) is 4.41. The lowest BCUT2D eigenvalue weighted by Crippen LogP contribution is -2.47. The van der Waals surface area contributed by atoms with Crippen molar-refractivity contribution in [2.24, 2.45) is 5.92 Å². The van der Waals surface area contributed by atoms with Crippen LogP contribution >= 0.6 is 0 Å². The molecule has 0 saturated carbocycles. The average Bonchev–Trinajstić information content (AvgIpc) is 3.02. The van der Waals surface area contributed by atoms with Gasteiger partial charge in [-0.2, -0.15) is 0 Å². The molecule has 1 amide bonds. The number of benzene rings is 1. The number of fused-ring (bicyclic) bond motifs is 2.